The molecular weight excluding hydrogens is 292 g/mol. The maximum atomic E-state index is 6.14. The van der Waals surface area contributed by atoms with Crippen LogP contribution in [0, 0.1) is 0 Å². The van der Waals surface area contributed by atoms with Gasteiger partial charge in [0.05, 0.1) is 18.4 Å². The summed E-state index contributed by atoms with van der Waals surface area (Å²) >= 11 is 0. The van der Waals surface area contributed by atoms with E-state index in [2.05, 4.69) is 21.2 Å². The lowest BCUT2D eigenvalue weighted by Gasteiger charge is -2.23. The van der Waals surface area contributed by atoms with Crippen LogP contribution in [-0.2, 0) is 18.3 Å². The fourth-order valence-electron chi connectivity index (χ4n) is 3.62. The van der Waals surface area contributed by atoms with Gasteiger partial charge < -0.3 is 9.47 Å². The van der Waals surface area contributed by atoms with E-state index in [0.717, 1.165) is 32.5 Å². The van der Waals surface area contributed by atoms with E-state index in [9.17, 15) is 0 Å². The Morgan fingerprint density at radius 3 is 3.17 bits per heavy atom. The standard InChI is InChI=1S/C17H22N4O2/c1-20-10-14(9-19-20)11-21-7-5-17(13-21)8-15(12-22-17)23-16-4-2-3-6-18-16/h2-4,6,9-10,15H,5,7-8,11-13H2,1H3/t15-,17-/m0/s1. The van der Waals surface area contributed by atoms with Crippen molar-refractivity contribution in [2.75, 3.05) is 19.7 Å². The van der Waals surface area contributed by atoms with Crippen LogP contribution in [0.3, 0.4) is 0 Å². The van der Waals surface area contributed by atoms with Crippen LogP contribution in [0.15, 0.2) is 36.8 Å². The number of hydrogen-bond donors (Lipinski definition) is 0. The summed E-state index contributed by atoms with van der Waals surface area (Å²) < 4.78 is 13.9. The number of rotatable bonds is 4. The molecule has 1 spiro atoms. The van der Waals surface area contributed by atoms with Crippen molar-refractivity contribution in [3.05, 3.63) is 42.4 Å². The Bertz CT molecular complexity index is 660. The van der Waals surface area contributed by atoms with Gasteiger partial charge in [-0.05, 0) is 12.5 Å². The Morgan fingerprint density at radius 2 is 2.39 bits per heavy atom. The molecule has 0 saturated carbocycles. The van der Waals surface area contributed by atoms with Crippen molar-refractivity contribution >= 4 is 0 Å². The highest BCUT2D eigenvalue weighted by molar-refractivity contribution is 5.11. The molecule has 0 unspecified atom stereocenters. The molecule has 0 N–H and O–H groups in total. The van der Waals surface area contributed by atoms with Gasteiger partial charge in [-0.15, -0.1) is 0 Å². The maximum absolute atomic E-state index is 6.14. The quantitative estimate of drug-likeness (QED) is 0.858. The van der Waals surface area contributed by atoms with E-state index >= 15 is 0 Å². The van der Waals surface area contributed by atoms with E-state index < -0.39 is 0 Å². The third-order valence-corrected chi connectivity index (χ3v) is 4.66. The highest BCUT2D eigenvalue weighted by Gasteiger charge is 2.46. The number of nitrogens with zero attached hydrogens (tertiary/aromatic N) is 4. The lowest BCUT2D eigenvalue weighted by atomic mass is 9.98. The van der Waals surface area contributed by atoms with Gasteiger partial charge in [-0.3, -0.25) is 9.58 Å². The summed E-state index contributed by atoms with van der Waals surface area (Å²) in [5, 5.41) is 4.24. The van der Waals surface area contributed by atoms with Crippen LogP contribution in [0.5, 0.6) is 5.88 Å². The van der Waals surface area contributed by atoms with Crippen LogP contribution in [0.2, 0.25) is 0 Å². The first kappa shape index (κ1) is 14.7. The molecule has 6 heteroatoms. The average molecular weight is 314 g/mol. The summed E-state index contributed by atoms with van der Waals surface area (Å²) in [6, 6.07) is 5.74. The predicted octanol–water partition coefficient (Wildman–Crippen LogP) is 1.63. The van der Waals surface area contributed by atoms with E-state index in [1.165, 1.54) is 5.56 Å². The zero-order valence-corrected chi connectivity index (χ0v) is 13.4. The van der Waals surface area contributed by atoms with Crippen molar-refractivity contribution < 1.29 is 9.47 Å². The summed E-state index contributed by atoms with van der Waals surface area (Å²) in [6.07, 6.45) is 7.87. The molecule has 4 rings (SSSR count). The molecule has 2 fully saturated rings. The van der Waals surface area contributed by atoms with Gasteiger partial charge >= 0.3 is 0 Å². The van der Waals surface area contributed by atoms with Crippen molar-refractivity contribution in [1.29, 1.82) is 0 Å². The molecule has 23 heavy (non-hydrogen) atoms. The zero-order valence-electron chi connectivity index (χ0n) is 13.4. The summed E-state index contributed by atoms with van der Waals surface area (Å²) in [7, 11) is 1.95. The van der Waals surface area contributed by atoms with Crippen molar-refractivity contribution in [2.24, 2.45) is 7.05 Å². The third kappa shape index (κ3) is 3.23. The minimum absolute atomic E-state index is 0.0539. The van der Waals surface area contributed by atoms with Crippen LogP contribution >= 0.6 is 0 Å². The maximum Gasteiger partial charge on any atom is 0.213 e. The molecule has 6 nitrogen and oxygen atoms in total. The van der Waals surface area contributed by atoms with Crippen LogP contribution in [0.25, 0.3) is 0 Å². The highest BCUT2D eigenvalue weighted by atomic mass is 16.6. The Hall–Kier alpha value is -1.92. The normalized spacial score (nSPS) is 27.8. The Morgan fingerprint density at radius 1 is 1.43 bits per heavy atom. The molecular formula is C17H22N4O2. The van der Waals surface area contributed by atoms with Crippen molar-refractivity contribution in [1.82, 2.24) is 19.7 Å². The fraction of sp³-hybridized carbons (Fsp3) is 0.529. The van der Waals surface area contributed by atoms with Gasteiger partial charge in [-0.1, -0.05) is 6.07 Å². The average Bonchev–Trinajstić information content (AvgIpc) is 3.24. The molecule has 0 amide bonds. The smallest absolute Gasteiger partial charge is 0.213 e. The zero-order chi connectivity index (χ0) is 15.7. The number of hydrogen-bond acceptors (Lipinski definition) is 5. The Labute approximate surface area is 136 Å². The molecule has 0 aromatic carbocycles. The Kier molecular flexibility index (Phi) is 3.79. The van der Waals surface area contributed by atoms with Crippen molar-refractivity contribution in [3.8, 4) is 5.88 Å². The monoisotopic (exact) mass is 314 g/mol. The molecule has 0 radical (unpaired) electrons. The third-order valence-electron chi connectivity index (χ3n) is 4.66. The lowest BCUT2D eigenvalue weighted by molar-refractivity contribution is 0.00924. The summed E-state index contributed by atoms with van der Waals surface area (Å²) in [5.41, 5.74) is 1.20. The van der Waals surface area contributed by atoms with E-state index in [1.54, 1.807) is 6.20 Å². The topological polar surface area (TPSA) is 52.4 Å². The molecule has 4 heterocycles. The summed E-state index contributed by atoms with van der Waals surface area (Å²) in [6.45, 7) is 3.61. The minimum atomic E-state index is -0.0539. The molecule has 0 aliphatic carbocycles. The first-order chi connectivity index (χ1) is 11.2. The molecule has 2 atom stereocenters. The largest absolute Gasteiger partial charge is 0.472 e. The van der Waals surface area contributed by atoms with Gasteiger partial charge in [0.2, 0.25) is 5.88 Å². The van der Waals surface area contributed by atoms with E-state index in [4.69, 9.17) is 9.47 Å². The van der Waals surface area contributed by atoms with Crippen LogP contribution in [0.4, 0.5) is 0 Å². The number of pyridine rings is 1. The van der Waals surface area contributed by atoms with E-state index in [1.807, 2.05) is 36.1 Å². The van der Waals surface area contributed by atoms with Crippen molar-refractivity contribution in [2.45, 2.75) is 31.1 Å². The molecule has 0 bridgehead atoms. The second-order valence-corrected chi connectivity index (χ2v) is 6.59. The van der Waals surface area contributed by atoms with Gasteiger partial charge in [-0.25, -0.2) is 4.98 Å². The molecule has 2 aromatic heterocycles. The van der Waals surface area contributed by atoms with Gasteiger partial charge in [-0.2, -0.15) is 5.10 Å². The van der Waals surface area contributed by atoms with Gasteiger partial charge in [0.1, 0.15) is 6.10 Å². The summed E-state index contributed by atoms with van der Waals surface area (Å²) in [5.74, 6) is 0.684. The molecule has 2 aromatic rings. The highest BCUT2D eigenvalue weighted by Crippen LogP contribution is 2.36. The molecule has 122 valence electrons. The van der Waals surface area contributed by atoms with Crippen LogP contribution < -0.4 is 4.74 Å². The lowest BCUT2D eigenvalue weighted by Crippen LogP contribution is -2.33. The molecule has 2 saturated heterocycles. The number of aromatic nitrogens is 3. The van der Waals surface area contributed by atoms with Crippen molar-refractivity contribution in [3.63, 3.8) is 0 Å². The van der Waals surface area contributed by atoms with Gasteiger partial charge in [0, 0.05) is 57.1 Å². The second kappa shape index (κ2) is 5.94. The van der Waals surface area contributed by atoms with Crippen LogP contribution in [0.1, 0.15) is 18.4 Å². The second-order valence-electron chi connectivity index (χ2n) is 6.59. The minimum Gasteiger partial charge on any atom is -0.472 e. The first-order valence-electron chi connectivity index (χ1n) is 8.12. The molecule has 2 aliphatic heterocycles. The van der Waals surface area contributed by atoms with E-state index in [0.29, 0.717) is 12.5 Å². The van der Waals surface area contributed by atoms with Crippen LogP contribution in [-0.4, -0.2) is 51.1 Å². The predicted molar refractivity (Wildman–Crippen MR) is 85.1 cm³/mol. The number of aryl methyl sites for hydroxylation is 1. The fourth-order valence-corrected chi connectivity index (χ4v) is 3.62. The SMILES string of the molecule is Cn1cc(CN2CC[C@]3(C[C@H](Oc4ccccn4)CO3)C2)cn1. The first-order valence-corrected chi connectivity index (χ1v) is 8.12. The van der Waals surface area contributed by atoms with E-state index in [-0.39, 0.29) is 11.7 Å². The number of ether oxygens (including phenoxy) is 2. The number of likely N-dealkylation sites (tertiary alicyclic amines) is 1. The van der Waals surface area contributed by atoms with Gasteiger partial charge in [0.15, 0.2) is 0 Å². The molecule has 2 aliphatic rings. The van der Waals surface area contributed by atoms with Gasteiger partial charge in [0.25, 0.3) is 0 Å². The summed E-state index contributed by atoms with van der Waals surface area (Å²) in [4.78, 5) is 6.68. The Balaban J connectivity index is 1.34.